The van der Waals surface area contributed by atoms with Gasteiger partial charge in [-0.25, -0.2) is 0 Å². The van der Waals surface area contributed by atoms with E-state index in [0.29, 0.717) is 56.5 Å². The molecule has 5 atom stereocenters. The summed E-state index contributed by atoms with van der Waals surface area (Å²) in [6.45, 7) is 2.66. The van der Waals surface area contributed by atoms with Crippen molar-refractivity contribution in [1.29, 1.82) is 0 Å². The Labute approximate surface area is 209 Å². The van der Waals surface area contributed by atoms with Gasteiger partial charge in [0.25, 0.3) is 0 Å². The van der Waals surface area contributed by atoms with Gasteiger partial charge in [0.1, 0.15) is 0 Å². The molecule has 2 saturated carbocycles. The van der Waals surface area contributed by atoms with Crippen LogP contribution in [-0.4, -0.2) is 31.3 Å². The van der Waals surface area contributed by atoms with E-state index < -0.39 is 0 Å². The molecule has 2 N–H and O–H groups in total. The lowest BCUT2D eigenvalue weighted by Gasteiger charge is -2.27. The molecule has 182 valence electrons. The first-order valence-electron chi connectivity index (χ1n) is 13.1. The smallest absolute Gasteiger partial charge is 0.0717 e. The molecule has 1 aliphatic heterocycles. The summed E-state index contributed by atoms with van der Waals surface area (Å²) in [6.07, 6.45) is 3.70. The van der Waals surface area contributed by atoms with Crippen LogP contribution in [0.2, 0.25) is 0 Å². The molecule has 4 heteroatoms. The molecular formula is C31H36N2O2. The molecule has 2 aliphatic carbocycles. The van der Waals surface area contributed by atoms with Crippen molar-refractivity contribution >= 4 is 0 Å². The van der Waals surface area contributed by atoms with Crippen molar-refractivity contribution in [2.75, 3.05) is 13.2 Å². The van der Waals surface area contributed by atoms with E-state index in [1.807, 2.05) is 0 Å². The zero-order valence-electron chi connectivity index (χ0n) is 20.3. The third-order valence-corrected chi connectivity index (χ3v) is 8.28. The number of fused-ring (bicyclic) bond motifs is 3. The Morgan fingerprint density at radius 2 is 1.17 bits per heavy atom. The average molecular weight is 469 g/mol. The van der Waals surface area contributed by atoms with Gasteiger partial charge >= 0.3 is 0 Å². The predicted molar refractivity (Wildman–Crippen MR) is 139 cm³/mol. The van der Waals surface area contributed by atoms with Gasteiger partial charge in [0.05, 0.1) is 26.4 Å². The minimum atomic E-state index is -0.0540. The van der Waals surface area contributed by atoms with Crippen molar-refractivity contribution in [3.8, 4) is 0 Å². The molecule has 1 saturated heterocycles. The highest BCUT2D eigenvalue weighted by Crippen LogP contribution is 2.60. The second-order valence-corrected chi connectivity index (χ2v) is 10.6. The van der Waals surface area contributed by atoms with Crippen LogP contribution in [0.25, 0.3) is 0 Å². The standard InChI is InChI=1S/C31H36N2O2/c1-4-10-23(11-5-1)19-34-21-31(22-35-20-24-12-6-2-7-13-24)28-29(25-14-8-3-9-15-25)32-26-16-17-27(18-26)33-30(28)31/h1-15,26-30,32-33H,16-22H2. The van der Waals surface area contributed by atoms with Crippen LogP contribution in [0.1, 0.15) is 42.0 Å². The summed E-state index contributed by atoms with van der Waals surface area (Å²) < 4.78 is 12.9. The molecule has 0 spiro atoms. The molecule has 5 unspecified atom stereocenters. The zero-order chi connectivity index (χ0) is 23.5. The van der Waals surface area contributed by atoms with Crippen LogP contribution in [-0.2, 0) is 22.7 Å². The summed E-state index contributed by atoms with van der Waals surface area (Å²) in [5.74, 6) is 0.430. The summed E-state index contributed by atoms with van der Waals surface area (Å²) in [4.78, 5) is 0. The highest BCUT2D eigenvalue weighted by Gasteiger charge is 2.68. The van der Waals surface area contributed by atoms with Crippen molar-refractivity contribution in [2.24, 2.45) is 11.3 Å². The van der Waals surface area contributed by atoms with Crippen molar-refractivity contribution in [1.82, 2.24) is 10.6 Å². The van der Waals surface area contributed by atoms with Crippen molar-refractivity contribution in [3.63, 3.8) is 0 Å². The third-order valence-electron chi connectivity index (χ3n) is 8.28. The van der Waals surface area contributed by atoms with E-state index in [4.69, 9.17) is 9.47 Å². The first-order chi connectivity index (χ1) is 17.3. The van der Waals surface area contributed by atoms with Crippen molar-refractivity contribution in [3.05, 3.63) is 108 Å². The van der Waals surface area contributed by atoms with Crippen LogP contribution < -0.4 is 10.6 Å². The maximum atomic E-state index is 6.44. The molecular weight excluding hydrogens is 432 g/mol. The van der Waals surface area contributed by atoms with Crippen molar-refractivity contribution < 1.29 is 9.47 Å². The van der Waals surface area contributed by atoms with Gasteiger partial charge in [-0.15, -0.1) is 0 Å². The fourth-order valence-corrected chi connectivity index (χ4v) is 6.46. The van der Waals surface area contributed by atoms with Crippen LogP contribution >= 0.6 is 0 Å². The van der Waals surface area contributed by atoms with E-state index in [1.165, 1.54) is 36.0 Å². The van der Waals surface area contributed by atoms with E-state index >= 15 is 0 Å². The number of rotatable bonds is 9. The van der Waals surface area contributed by atoms with Crippen LogP contribution in [0.15, 0.2) is 91.0 Å². The zero-order valence-corrected chi connectivity index (χ0v) is 20.3. The van der Waals surface area contributed by atoms with E-state index in [0.717, 1.165) is 0 Å². The SMILES string of the molecule is c1ccc(COCC2(COCc3ccccc3)C3NC4CCC(C4)NC(c4ccccc4)C32)cc1. The minimum Gasteiger partial charge on any atom is -0.376 e. The summed E-state index contributed by atoms with van der Waals surface area (Å²) in [5, 5.41) is 8.15. The third kappa shape index (κ3) is 4.94. The molecule has 3 aliphatic rings. The first-order valence-corrected chi connectivity index (χ1v) is 13.1. The lowest BCUT2D eigenvalue weighted by Crippen LogP contribution is -2.40. The fourth-order valence-electron chi connectivity index (χ4n) is 6.46. The van der Waals surface area contributed by atoms with Crippen LogP contribution in [0.4, 0.5) is 0 Å². The van der Waals surface area contributed by atoms with Gasteiger partial charge in [-0.2, -0.15) is 0 Å². The van der Waals surface area contributed by atoms with E-state index in [-0.39, 0.29) is 5.41 Å². The van der Waals surface area contributed by atoms with Gasteiger partial charge in [0.2, 0.25) is 0 Å². The number of hydrogen-bond acceptors (Lipinski definition) is 4. The van der Waals surface area contributed by atoms with Gasteiger partial charge in [0.15, 0.2) is 0 Å². The molecule has 4 nitrogen and oxygen atoms in total. The quantitative estimate of drug-likeness (QED) is 0.450. The molecule has 3 fully saturated rings. The minimum absolute atomic E-state index is 0.0540. The second-order valence-electron chi connectivity index (χ2n) is 10.6. The average Bonchev–Trinajstić information content (AvgIpc) is 3.23. The van der Waals surface area contributed by atoms with E-state index in [1.54, 1.807) is 0 Å². The fraction of sp³-hybridized carbons (Fsp3) is 0.419. The first kappa shape index (κ1) is 22.9. The number of ether oxygens (including phenoxy) is 2. The molecule has 0 aromatic heterocycles. The van der Waals surface area contributed by atoms with Gasteiger partial charge in [-0.05, 0) is 36.0 Å². The topological polar surface area (TPSA) is 42.5 Å². The Kier molecular flexibility index (Phi) is 6.71. The monoisotopic (exact) mass is 468 g/mol. The molecule has 2 bridgehead atoms. The summed E-state index contributed by atoms with van der Waals surface area (Å²) in [6, 6.07) is 33.8. The van der Waals surface area contributed by atoms with Gasteiger partial charge < -0.3 is 20.1 Å². The summed E-state index contributed by atoms with van der Waals surface area (Å²) >= 11 is 0. The summed E-state index contributed by atoms with van der Waals surface area (Å²) in [7, 11) is 0. The van der Waals surface area contributed by atoms with Crippen LogP contribution in [0.5, 0.6) is 0 Å². The maximum absolute atomic E-state index is 6.44. The highest BCUT2D eigenvalue weighted by molar-refractivity contribution is 5.30. The lowest BCUT2D eigenvalue weighted by atomic mass is 9.94. The predicted octanol–water partition coefficient (Wildman–Crippen LogP) is 5.26. The lowest BCUT2D eigenvalue weighted by molar-refractivity contribution is 0.00274. The van der Waals surface area contributed by atoms with Gasteiger partial charge in [-0.1, -0.05) is 91.0 Å². The summed E-state index contributed by atoms with van der Waals surface area (Å²) in [5.41, 5.74) is 3.76. The Bertz CT molecular complexity index is 1030. The van der Waals surface area contributed by atoms with Crippen LogP contribution in [0, 0.1) is 11.3 Å². The Morgan fingerprint density at radius 1 is 0.657 bits per heavy atom. The molecule has 35 heavy (non-hydrogen) atoms. The Hall–Kier alpha value is -2.50. The van der Waals surface area contributed by atoms with Gasteiger partial charge in [0, 0.05) is 35.5 Å². The molecule has 0 radical (unpaired) electrons. The van der Waals surface area contributed by atoms with Crippen LogP contribution in [0.3, 0.4) is 0 Å². The molecule has 3 aromatic rings. The Balaban J connectivity index is 1.25. The molecule has 6 rings (SSSR count). The maximum Gasteiger partial charge on any atom is 0.0717 e. The van der Waals surface area contributed by atoms with E-state index in [2.05, 4.69) is 102 Å². The van der Waals surface area contributed by atoms with Crippen molar-refractivity contribution in [2.45, 2.75) is 56.6 Å². The molecule has 1 heterocycles. The molecule has 0 amide bonds. The Morgan fingerprint density at radius 3 is 1.74 bits per heavy atom. The highest BCUT2D eigenvalue weighted by atomic mass is 16.5. The largest absolute Gasteiger partial charge is 0.376 e. The second kappa shape index (κ2) is 10.2. The number of nitrogens with one attached hydrogen (secondary N) is 2. The normalized spacial score (nSPS) is 28.6. The molecule has 3 aromatic carbocycles. The number of hydrogen-bond donors (Lipinski definition) is 2. The van der Waals surface area contributed by atoms with Gasteiger partial charge in [-0.3, -0.25) is 0 Å². The number of benzene rings is 3. The van der Waals surface area contributed by atoms with E-state index in [9.17, 15) is 0 Å².